The summed E-state index contributed by atoms with van der Waals surface area (Å²) in [6, 6.07) is 0. The van der Waals surface area contributed by atoms with E-state index >= 15 is 0 Å². The maximum absolute atomic E-state index is 10.3. The van der Waals surface area contributed by atoms with Gasteiger partial charge in [0.05, 0.1) is 11.5 Å². The van der Waals surface area contributed by atoms with Gasteiger partial charge >= 0.3 is 0 Å². The van der Waals surface area contributed by atoms with E-state index in [1.54, 1.807) is 0 Å². The third-order valence-corrected chi connectivity index (χ3v) is 2.99. The Hall–Kier alpha value is -0.260. The molecule has 0 bridgehead atoms. The first-order valence-electron chi connectivity index (χ1n) is 4.52. The Labute approximate surface area is 94.9 Å². The molecule has 0 amide bonds. The Morgan fingerprint density at radius 1 is 0.688 bits per heavy atom. The Kier molecular flexibility index (Phi) is 7.03. The minimum atomic E-state index is -3.94. The monoisotopic (exact) mass is 276 g/mol. The predicted octanol–water partition coefficient (Wildman–Crippen LogP) is -2.06. The van der Waals surface area contributed by atoms with Crippen LogP contribution < -0.4 is 10.6 Å². The van der Waals surface area contributed by atoms with E-state index in [1.165, 1.54) is 0 Å². The van der Waals surface area contributed by atoms with Crippen molar-refractivity contribution in [3.63, 3.8) is 0 Å². The molecule has 0 radical (unpaired) electrons. The second-order valence-electron chi connectivity index (χ2n) is 3.07. The normalized spacial score (nSPS) is 12.9. The van der Waals surface area contributed by atoms with E-state index in [9.17, 15) is 16.8 Å². The lowest BCUT2D eigenvalue weighted by Gasteiger charge is -2.04. The molecule has 0 atom stereocenters. The maximum Gasteiger partial charge on any atom is 0.266 e. The quantitative estimate of drug-likeness (QED) is 0.279. The fraction of sp³-hybridized carbons (Fsp3) is 1.00. The summed E-state index contributed by atoms with van der Waals surface area (Å²) in [6.07, 6.45) is 0. The minimum Gasteiger partial charge on any atom is -0.314 e. The van der Waals surface area contributed by atoms with Gasteiger partial charge in [0.2, 0.25) is 0 Å². The van der Waals surface area contributed by atoms with Crippen molar-refractivity contribution in [2.75, 3.05) is 37.7 Å². The number of hydrogen-bond donors (Lipinski definition) is 4. The van der Waals surface area contributed by atoms with Crippen molar-refractivity contribution < 1.29 is 25.9 Å². The van der Waals surface area contributed by atoms with E-state index in [0.717, 1.165) is 0 Å². The van der Waals surface area contributed by atoms with E-state index in [0.29, 0.717) is 13.1 Å². The molecule has 0 fully saturated rings. The molecule has 98 valence electrons. The molecule has 0 saturated carbocycles. The zero-order valence-corrected chi connectivity index (χ0v) is 10.2. The average Bonchev–Trinajstić information content (AvgIpc) is 2.06. The van der Waals surface area contributed by atoms with Crippen LogP contribution in [0.4, 0.5) is 0 Å². The fourth-order valence-corrected chi connectivity index (χ4v) is 1.63. The number of nitrogens with one attached hydrogen (secondary N) is 2. The highest BCUT2D eigenvalue weighted by atomic mass is 32.2. The SMILES string of the molecule is O=S(=O)(O)CCNCCNCCS(=O)(=O)O. The van der Waals surface area contributed by atoms with Crippen LogP contribution in [0.2, 0.25) is 0 Å². The Bertz CT molecular complexity index is 338. The molecule has 0 aromatic rings. The molecule has 0 aliphatic heterocycles. The second-order valence-corrected chi connectivity index (χ2v) is 6.22. The summed E-state index contributed by atoms with van der Waals surface area (Å²) >= 11 is 0. The molecule has 0 aliphatic carbocycles. The van der Waals surface area contributed by atoms with Crippen LogP contribution in [-0.4, -0.2) is 63.6 Å². The summed E-state index contributed by atoms with van der Waals surface area (Å²) in [5.41, 5.74) is 0. The van der Waals surface area contributed by atoms with Crippen molar-refractivity contribution in [2.24, 2.45) is 0 Å². The third kappa shape index (κ3) is 13.7. The summed E-state index contributed by atoms with van der Waals surface area (Å²) in [6.45, 7) is 1.11. The molecule has 0 spiro atoms. The van der Waals surface area contributed by atoms with Crippen LogP contribution in [0, 0.1) is 0 Å². The molecular formula is C6H16N2O6S2. The lowest BCUT2D eigenvalue weighted by molar-refractivity contribution is 0.476. The van der Waals surface area contributed by atoms with Crippen molar-refractivity contribution in [3.05, 3.63) is 0 Å². The van der Waals surface area contributed by atoms with Crippen LogP contribution >= 0.6 is 0 Å². The topological polar surface area (TPSA) is 133 Å². The van der Waals surface area contributed by atoms with Crippen molar-refractivity contribution in [1.82, 2.24) is 10.6 Å². The van der Waals surface area contributed by atoms with E-state index in [4.69, 9.17) is 9.11 Å². The largest absolute Gasteiger partial charge is 0.314 e. The first-order valence-corrected chi connectivity index (χ1v) is 7.74. The van der Waals surface area contributed by atoms with Gasteiger partial charge in [0, 0.05) is 26.2 Å². The highest BCUT2D eigenvalue weighted by molar-refractivity contribution is 7.86. The van der Waals surface area contributed by atoms with E-state index < -0.39 is 20.2 Å². The van der Waals surface area contributed by atoms with Gasteiger partial charge in [-0.3, -0.25) is 9.11 Å². The number of hydrogen-bond acceptors (Lipinski definition) is 6. The van der Waals surface area contributed by atoms with Crippen molar-refractivity contribution in [1.29, 1.82) is 0 Å². The zero-order valence-electron chi connectivity index (χ0n) is 8.59. The van der Waals surface area contributed by atoms with Crippen LogP contribution in [0.1, 0.15) is 0 Å². The Balaban J connectivity index is 3.29. The highest BCUT2D eigenvalue weighted by Crippen LogP contribution is 1.79. The molecule has 4 N–H and O–H groups in total. The van der Waals surface area contributed by atoms with E-state index in [2.05, 4.69) is 10.6 Å². The standard InChI is InChI=1S/C6H16N2O6S2/c9-15(10,11)5-3-7-1-2-8-4-6-16(12,13)14/h7-8H,1-6H2,(H,9,10,11)(H,12,13,14). The maximum atomic E-state index is 10.3. The molecule has 0 rings (SSSR count). The van der Waals surface area contributed by atoms with Crippen molar-refractivity contribution in [2.45, 2.75) is 0 Å². The van der Waals surface area contributed by atoms with Gasteiger partial charge in [0.1, 0.15) is 0 Å². The smallest absolute Gasteiger partial charge is 0.266 e. The van der Waals surface area contributed by atoms with Crippen molar-refractivity contribution in [3.8, 4) is 0 Å². The van der Waals surface area contributed by atoms with Gasteiger partial charge in [-0.25, -0.2) is 0 Å². The van der Waals surface area contributed by atoms with Crippen LogP contribution in [0.5, 0.6) is 0 Å². The summed E-state index contributed by atoms with van der Waals surface area (Å²) in [5, 5.41) is 5.45. The fourth-order valence-electron chi connectivity index (χ4n) is 0.829. The molecule has 0 heterocycles. The molecule has 0 unspecified atom stereocenters. The first-order chi connectivity index (χ1) is 7.21. The van der Waals surface area contributed by atoms with Crippen LogP contribution in [-0.2, 0) is 20.2 Å². The minimum absolute atomic E-state index is 0.124. The van der Waals surface area contributed by atoms with Gasteiger partial charge < -0.3 is 10.6 Å². The molecule has 16 heavy (non-hydrogen) atoms. The van der Waals surface area contributed by atoms with Gasteiger partial charge in [-0.2, -0.15) is 16.8 Å². The Morgan fingerprint density at radius 2 is 1.00 bits per heavy atom. The van der Waals surface area contributed by atoms with E-state index in [-0.39, 0.29) is 24.6 Å². The third-order valence-electron chi connectivity index (χ3n) is 1.55. The average molecular weight is 276 g/mol. The molecule has 0 aromatic heterocycles. The molecular weight excluding hydrogens is 260 g/mol. The highest BCUT2D eigenvalue weighted by Gasteiger charge is 2.03. The summed E-state index contributed by atoms with van der Waals surface area (Å²) in [7, 11) is -7.87. The summed E-state index contributed by atoms with van der Waals surface area (Å²) in [4.78, 5) is 0. The van der Waals surface area contributed by atoms with Gasteiger partial charge in [-0.15, -0.1) is 0 Å². The molecule has 0 aliphatic rings. The molecule has 0 saturated heterocycles. The number of rotatable bonds is 9. The second kappa shape index (κ2) is 7.14. The van der Waals surface area contributed by atoms with Gasteiger partial charge in [-0.1, -0.05) is 0 Å². The summed E-state index contributed by atoms with van der Waals surface area (Å²) < 4.78 is 57.9. The molecule has 10 heteroatoms. The van der Waals surface area contributed by atoms with Crippen molar-refractivity contribution >= 4 is 20.2 Å². The molecule has 8 nitrogen and oxygen atoms in total. The molecule has 0 aromatic carbocycles. The summed E-state index contributed by atoms with van der Waals surface area (Å²) in [5.74, 6) is -0.726. The van der Waals surface area contributed by atoms with Crippen LogP contribution in [0.3, 0.4) is 0 Å². The first kappa shape index (κ1) is 15.7. The lowest BCUT2D eigenvalue weighted by Crippen LogP contribution is -2.32. The van der Waals surface area contributed by atoms with Crippen LogP contribution in [0.25, 0.3) is 0 Å². The Morgan fingerprint density at radius 3 is 1.25 bits per heavy atom. The zero-order chi connectivity index (χ0) is 12.7. The van der Waals surface area contributed by atoms with Gasteiger partial charge in [-0.05, 0) is 0 Å². The van der Waals surface area contributed by atoms with E-state index in [1.807, 2.05) is 0 Å². The predicted molar refractivity (Wildman–Crippen MR) is 58.6 cm³/mol. The lowest BCUT2D eigenvalue weighted by atomic mass is 10.5. The van der Waals surface area contributed by atoms with Crippen LogP contribution in [0.15, 0.2) is 0 Å². The van der Waals surface area contributed by atoms with Gasteiger partial charge in [0.25, 0.3) is 20.2 Å². The van der Waals surface area contributed by atoms with Gasteiger partial charge in [0.15, 0.2) is 0 Å².